The van der Waals surface area contributed by atoms with Gasteiger partial charge in [-0.05, 0) is 44.6 Å². The first-order chi connectivity index (χ1) is 13.7. The smallest absolute Gasteiger partial charge is 0.191 e. The number of likely N-dealkylation sites (N-methyl/N-ethyl adjacent to an activating group) is 1. The van der Waals surface area contributed by atoms with Crippen molar-refractivity contribution in [1.82, 2.24) is 20.4 Å². The molecule has 1 fully saturated rings. The SMILES string of the molecule is CN=C(NCC(c1ccco1)N(C)C)NC1CCN(Cc2ccccc2)CC1. The van der Waals surface area contributed by atoms with E-state index in [2.05, 4.69) is 69.9 Å². The minimum Gasteiger partial charge on any atom is -0.468 e. The van der Waals surface area contributed by atoms with Crippen molar-refractivity contribution >= 4 is 5.96 Å². The van der Waals surface area contributed by atoms with Crippen LogP contribution in [0.2, 0.25) is 0 Å². The molecule has 2 aromatic rings. The average molecular weight is 384 g/mol. The fourth-order valence-corrected chi connectivity index (χ4v) is 3.68. The summed E-state index contributed by atoms with van der Waals surface area (Å²) in [5.74, 6) is 1.82. The van der Waals surface area contributed by atoms with E-state index in [9.17, 15) is 0 Å². The van der Waals surface area contributed by atoms with Gasteiger partial charge in [0.25, 0.3) is 0 Å². The molecule has 1 atom stereocenters. The van der Waals surface area contributed by atoms with Crippen molar-refractivity contribution in [1.29, 1.82) is 0 Å². The summed E-state index contributed by atoms with van der Waals surface area (Å²) < 4.78 is 5.59. The van der Waals surface area contributed by atoms with Crippen LogP contribution < -0.4 is 10.6 Å². The maximum Gasteiger partial charge on any atom is 0.191 e. The Balaban J connectivity index is 1.44. The quantitative estimate of drug-likeness (QED) is 0.569. The van der Waals surface area contributed by atoms with Crippen molar-refractivity contribution in [3.8, 4) is 0 Å². The van der Waals surface area contributed by atoms with E-state index in [4.69, 9.17) is 4.42 Å². The lowest BCUT2D eigenvalue weighted by Gasteiger charge is -2.33. The maximum absolute atomic E-state index is 5.59. The Kier molecular flexibility index (Phi) is 7.51. The van der Waals surface area contributed by atoms with Crippen molar-refractivity contribution in [2.24, 2.45) is 4.99 Å². The molecular formula is C22H33N5O. The van der Waals surface area contributed by atoms with Gasteiger partial charge in [-0.2, -0.15) is 0 Å². The molecule has 2 heterocycles. The Morgan fingerprint density at radius 3 is 2.54 bits per heavy atom. The summed E-state index contributed by atoms with van der Waals surface area (Å²) in [5.41, 5.74) is 1.39. The lowest BCUT2D eigenvalue weighted by atomic mass is 10.0. The van der Waals surface area contributed by atoms with Crippen LogP contribution in [0.3, 0.4) is 0 Å². The molecule has 1 aliphatic heterocycles. The number of benzene rings is 1. The van der Waals surface area contributed by atoms with E-state index in [1.54, 1.807) is 6.26 Å². The number of guanidine groups is 1. The van der Waals surface area contributed by atoms with Crippen LogP contribution in [0, 0.1) is 0 Å². The van der Waals surface area contributed by atoms with Crippen LogP contribution in [0.25, 0.3) is 0 Å². The Hall–Kier alpha value is -2.31. The molecule has 1 unspecified atom stereocenters. The Bertz CT molecular complexity index is 706. The molecule has 0 saturated carbocycles. The minimum absolute atomic E-state index is 0.168. The van der Waals surface area contributed by atoms with E-state index in [-0.39, 0.29) is 6.04 Å². The van der Waals surface area contributed by atoms with Gasteiger partial charge in [0, 0.05) is 39.3 Å². The number of rotatable bonds is 7. The molecule has 0 bridgehead atoms. The topological polar surface area (TPSA) is 56.0 Å². The molecule has 3 rings (SSSR count). The number of aliphatic imine (C=N–C) groups is 1. The van der Waals surface area contributed by atoms with Crippen molar-refractivity contribution < 1.29 is 4.42 Å². The largest absolute Gasteiger partial charge is 0.468 e. The molecule has 0 spiro atoms. The van der Waals surface area contributed by atoms with Crippen molar-refractivity contribution in [3.63, 3.8) is 0 Å². The number of hydrogen-bond donors (Lipinski definition) is 2. The van der Waals surface area contributed by atoms with Gasteiger partial charge in [-0.15, -0.1) is 0 Å². The van der Waals surface area contributed by atoms with E-state index in [0.29, 0.717) is 6.04 Å². The van der Waals surface area contributed by atoms with Crippen LogP contribution >= 0.6 is 0 Å². The molecule has 1 aromatic carbocycles. The summed E-state index contributed by atoms with van der Waals surface area (Å²) in [5, 5.41) is 7.05. The van der Waals surface area contributed by atoms with Crippen molar-refractivity contribution in [2.45, 2.75) is 31.5 Å². The van der Waals surface area contributed by atoms with Gasteiger partial charge in [-0.25, -0.2) is 0 Å². The highest BCUT2D eigenvalue weighted by molar-refractivity contribution is 5.80. The van der Waals surface area contributed by atoms with Gasteiger partial charge in [0.2, 0.25) is 0 Å². The first-order valence-corrected chi connectivity index (χ1v) is 10.1. The van der Waals surface area contributed by atoms with Crippen LogP contribution in [0.5, 0.6) is 0 Å². The highest BCUT2D eigenvalue weighted by Gasteiger charge is 2.21. The summed E-state index contributed by atoms with van der Waals surface area (Å²) in [7, 11) is 5.96. The summed E-state index contributed by atoms with van der Waals surface area (Å²) in [6.45, 7) is 3.99. The molecule has 6 nitrogen and oxygen atoms in total. The van der Waals surface area contributed by atoms with Crippen molar-refractivity contribution in [3.05, 3.63) is 60.1 Å². The van der Waals surface area contributed by atoms with Gasteiger partial charge in [-0.1, -0.05) is 30.3 Å². The van der Waals surface area contributed by atoms with E-state index in [1.807, 2.05) is 19.2 Å². The van der Waals surface area contributed by atoms with Gasteiger partial charge < -0.3 is 15.1 Å². The molecule has 6 heteroatoms. The van der Waals surface area contributed by atoms with E-state index >= 15 is 0 Å². The highest BCUT2D eigenvalue weighted by atomic mass is 16.3. The minimum atomic E-state index is 0.168. The highest BCUT2D eigenvalue weighted by Crippen LogP contribution is 2.18. The second-order valence-corrected chi connectivity index (χ2v) is 7.63. The average Bonchev–Trinajstić information content (AvgIpc) is 3.23. The lowest BCUT2D eigenvalue weighted by Crippen LogP contribution is -2.49. The standard InChI is InChI=1S/C22H33N5O/c1-23-22(24-16-20(26(2)3)21-10-7-15-28-21)25-19-11-13-27(14-12-19)17-18-8-5-4-6-9-18/h4-10,15,19-20H,11-14,16-17H2,1-3H3,(H2,23,24,25). The van der Waals surface area contributed by atoms with Crippen LogP contribution in [0.1, 0.15) is 30.2 Å². The number of nitrogens with zero attached hydrogens (tertiary/aromatic N) is 3. The Morgan fingerprint density at radius 2 is 1.93 bits per heavy atom. The summed E-state index contributed by atoms with van der Waals surface area (Å²) >= 11 is 0. The van der Waals surface area contributed by atoms with Gasteiger partial charge in [-0.3, -0.25) is 14.8 Å². The van der Waals surface area contributed by atoms with Crippen LogP contribution in [0.15, 0.2) is 58.1 Å². The van der Waals surface area contributed by atoms with Gasteiger partial charge in [0.05, 0.1) is 12.3 Å². The maximum atomic E-state index is 5.59. The normalized spacial score (nSPS) is 17.6. The molecule has 0 amide bonds. The molecule has 152 valence electrons. The Labute approximate surface area is 168 Å². The van der Waals surface area contributed by atoms with Gasteiger partial charge in [0.15, 0.2) is 5.96 Å². The second-order valence-electron chi connectivity index (χ2n) is 7.63. The molecule has 1 aliphatic rings. The van der Waals surface area contributed by atoms with Crippen LogP contribution in [-0.2, 0) is 6.54 Å². The van der Waals surface area contributed by atoms with Gasteiger partial charge in [0.1, 0.15) is 5.76 Å². The zero-order valence-corrected chi connectivity index (χ0v) is 17.3. The van der Waals surface area contributed by atoms with Gasteiger partial charge >= 0.3 is 0 Å². The third-order valence-electron chi connectivity index (χ3n) is 5.36. The number of piperidine rings is 1. The monoisotopic (exact) mass is 383 g/mol. The zero-order chi connectivity index (χ0) is 19.8. The van der Waals surface area contributed by atoms with E-state index < -0.39 is 0 Å². The predicted molar refractivity (Wildman–Crippen MR) is 114 cm³/mol. The third kappa shape index (κ3) is 5.84. The fourth-order valence-electron chi connectivity index (χ4n) is 3.68. The van der Waals surface area contributed by atoms with Crippen molar-refractivity contribution in [2.75, 3.05) is 40.8 Å². The van der Waals surface area contributed by atoms with E-state index in [1.165, 1.54) is 5.56 Å². The fraction of sp³-hybridized carbons (Fsp3) is 0.500. The van der Waals surface area contributed by atoms with E-state index in [0.717, 1.165) is 50.7 Å². The third-order valence-corrected chi connectivity index (χ3v) is 5.36. The Morgan fingerprint density at radius 1 is 1.18 bits per heavy atom. The number of furan rings is 1. The lowest BCUT2D eigenvalue weighted by molar-refractivity contribution is 0.198. The molecular weight excluding hydrogens is 350 g/mol. The summed E-state index contributed by atoms with van der Waals surface area (Å²) in [6, 6.07) is 15.3. The van der Waals surface area contributed by atoms with Crippen LogP contribution in [-0.4, -0.2) is 62.6 Å². The molecule has 0 aliphatic carbocycles. The zero-order valence-electron chi connectivity index (χ0n) is 17.3. The first kappa shape index (κ1) is 20.4. The molecule has 0 radical (unpaired) electrons. The number of likely N-dealkylation sites (tertiary alicyclic amines) is 1. The predicted octanol–water partition coefficient (Wildman–Crippen LogP) is 2.71. The number of nitrogens with one attached hydrogen (secondary N) is 2. The molecule has 1 saturated heterocycles. The molecule has 1 aromatic heterocycles. The summed E-state index contributed by atoms with van der Waals surface area (Å²) in [6.07, 6.45) is 3.98. The second kappa shape index (κ2) is 10.3. The first-order valence-electron chi connectivity index (χ1n) is 10.1. The summed E-state index contributed by atoms with van der Waals surface area (Å²) in [4.78, 5) is 9.10. The van der Waals surface area contributed by atoms with Crippen LogP contribution in [0.4, 0.5) is 0 Å². The molecule has 2 N–H and O–H groups in total. The molecule has 28 heavy (non-hydrogen) atoms. The number of hydrogen-bond acceptors (Lipinski definition) is 4.